The second-order valence-corrected chi connectivity index (χ2v) is 7.54. The number of carbonyl (C=O) groups excluding carboxylic acids is 2. The van der Waals surface area contributed by atoms with E-state index in [-0.39, 0.29) is 24.5 Å². The molecule has 4 heterocycles. The lowest BCUT2D eigenvalue weighted by Crippen LogP contribution is -2.74. The first-order valence-corrected chi connectivity index (χ1v) is 8.77. The number of carboxylic acids is 1. The molecule has 2 N–H and O–H groups in total. The molecular weight excluding hydrogens is 336 g/mol. The summed E-state index contributed by atoms with van der Waals surface area (Å²) in [6.07, 6.45) is -0.300. The van der Waals surface area contributed by atoms with Gasteiger partial charge in [0.2, 0.25) is 5.91 Å². The van der Waals surface area contributed by atoms with Crippen molar-refractivity contribution in [2.24, 2.45) is 5.41 Å². The van der Waals surface area contributed by atoms with E-state index in [2.05, 4.69) is 20.0 Å². The van der Waals surface area contributed by atoms with Gasteiger partial charge in [0.05, 0.1) is 31.8 Å². The fourth-order valence-electron chi connectivity index (χ4n) is 4.42. The summed E-state index contributed by atoms with van der Waals surface area (Å²) in [6.45, 7) is 5.08. The van der Waals surface area contributed by atoms with E-state index >= 15 is 0 Å². The SMILES string of the molecule is O=C(O)CCC(=O)Nc1cccc(C(=O)C23CN4CN(CN(C4)C2)C3)c1. The highest BCUT2D eigenvalue weighted by molar-refractivity contribution is 6.03. The van der Waals surface area contributed by atoms with E-state index in [9.17, 15) is 14.4 Å². The highest BCUT2D eigenvalue weighted by Crippen LogP contribution is 2.38. The molecule has 4 saturated heterocycles. The van der Waals surface area contributed by atoms with Crippen LogP contribution in [-0.2, 0) is 9.59 Å². The Morgan fingerprint density at radius 3 is 2.19 bits per heavy atom. The third-order valence-electron chi connectivity index (χ3n) is 5.23. The van der Waals surface area contributed by atoms with Crippen molar-refractivity contribution in [1.82, 2.24) is 14.7 Å². The molecule has 0 saturated carbocycles. The number of anilines is 1. The Kier molecular flexibility index (Phi) is 4.26. The van der Waals surface area contributed by atoms with Crippen molar-refractivity contribution in [1.29, 1.82) is 0 Å². The molecule has 26 heavy (non-hydrogen) atoms. The summed E-state index contributed by atoms with van der Waals surface area (Å²) in [7, 11) is 0. The second kappa shape index (κ2) is 6.46. The number of benzene rings is 1. The van der Waals surface area contributed by atoms with Crippen molar-refractivity contribution in [3.05, 3.63) is 29.8 Å². The zero-order valence-electron chi connectivity index (χ0n) is 14.5. The highest BCUT2D eigenvalue weighted by atomic mass is 16.4. The molecule has 1 aromatic carbocycles. The van der Waals surface area contributed by atoms with Crippen LogP contribution >= 0.6 is 0 Å². The summed E-state index contributed by atoms with van der Waals surface area (Å²) in [5.74, 6) is -1.26. The minimum absolute atomic E-state index is 0.0870. The Hall–Kier alpha value is -2.29. The Balaban J connectivity index is 1.49. The summed E-state index contributed by atoms with van der Waals surface area (Å²) >= 11 is 0. The molecule has 0 unspecified atom stereocenters. The first-order chi connectivity index (χ1) is 12.4. The van der Waals surface area contributed by atoms with Crippen LogP contribution in [0, 0.1) is 5.41 Å². The van der Waals surface area contributed by atoms with Crippen LogP contribution in [0.4, 0.5) is 5.69 Å². The average molecular weight is 358 g/mol. The van der Waals surface area contributed by atoms with Gasteiger partial charge >= 0.3 is 5.97 Å². The maximum absolute atomic E-state index is 13.3. The third kappa shape index (κ3) is 3.23. The van der Waals surface area contributed by atoms with Crippen LogP contribution in [-0.4, -0.2) is 77.1 Å². The van der Waals surface area contributed by atoms with Gasteiger partial charge in [0.25, 0.3) is 0 Å². The quantitative estimate of drug-likeness (QED) is 0.715. The van der Waals surface area contributed by atoms with E-state index in [0.29, 0.717) is 11.3 Å². The lowest BCUT2D eigenvalue weighted by atomic mass is 9.75. The number of ketones is 1. The number of hydrogen-bond acceptors (Lipinski definition) is 6. The van der Waals surface area contributed by atoms with E-state index < -0.39 is 11.4 Å². The zero-order valence-corrected chi connectivity index (χ0v) is 14.5. The van der Waals surface area contributed by atoms with Crippen molar-refractivity contribution < 1.29 is 19.5 Å². The van der Waals surface area contributed by atoms with Crippen LogP contribution in [0.2, 0.25) is 0 Å². The van der Waals surface area contributed by atoms with Crippen LogP contribution < -0.4 is 5.32 Å². The average Bonchev–Trinajstić information content (AvgIpc) is 2.58. The zero-order chi connectivity index (χ0) is 18.3. The largest absolute Gasteiger partial charge is 0.481 e. The molecule has 4 aliphatic rings. The Morgan fingerprint density at radius 1 is 1.00 bits per heavy atom. The van der Waals surface area contributed by atoms with Crippen molar-refractivity contribution in [2.45, 2.75) is 12.8 Å². The van der Waals surface area contributed by atoms with E-state index in [0.717, 1.165) is 39.6 Å². The molecule has 0 radical (unpaired) electrons. The Morgan fingerprint density at radius 2 is 1.62 bits per heavy atom. The molecule has 138 valence electrons. The van der Waals surface area contributed by atoms with Gasteiger partial charge in [-0.05, 0) is 12.1 Å². The van der Waals surface area contributed by atoms with Crippen molar-refractivity contribution in [3.8, 4) is 0 Å². The number of Topliss-reactive ketones (excluding diaryl/α,β-unsaturated/α-hetero) is 1. The maximum Gasteiger partial charge on any atom is 0.303 e. The summed E-state index contributed by atoms with van der Waals surface area (Å²) in [5, 5.41) is 11.3. The first kappa shape index (κ1) is 17.1. The van der Waals surface area contributed by atoms with Gasteiger partial charge in [0.15, 0.2) is 5.78 Å². The highest BCUT2D eigenvalue weighted by Gasteiger charge is 2.52. The number of carbonyl (C=O) groups is 3. The number of amides is 1. The molecule has 0 aliphatic carbocycles. The lowest BCUT2D eigenvalue weighted by Gasteiger charge is -2.59. The van der Waals surface area contributed by atoms with Gasteiger partial charge in [-0.3, -0.25) is 29.1 Å². The fraction of sp³-hybridized carbons (Fsp3) is 0.500. The van der Waals surface area contributed by atoms with Crippen LogP contribution in [0.15, 0.2) is 24.3 Å². The Bertz CT molecular complexity index is 728. The third-order valence-corrected chi connectivity index (χ3v) is 5.23. The topological polar surface area (TPSA) is 93.2 Å². The fourth-order valence-corrected chi connectivity index (χ4v) is 4.42. The lowest BCUT2D eigenvalue weighted by molar-refractivity contribution is -0.155. The van der Waals surface area contributed by atoms with E-state index in [1.54, 1.807) is 24.3 Å². The molecule has 5 rings (SSSR count). The van der Waals surface area contributed by atoms with Gasteiger partial charge < -0.3 is 10.4 Å². The molecule has 0 aromatic heterocycles. The monoisotopic (exact) mass is 358 g/mol. The molecule has 4 aliphatic heterocycles. The molecule has 0 spiro atoms. The number of rotatable bonds is 6. The van der Waals surface area contributed by atoms with Gasteiger partial charge in [-0.1, -0.05) is 12.1 Å². The molecule has 4 bridgehead atoms. The number of hydrogen-bond donors (Lipinski definition) is 2. The number of nitrogens with one attached hydrogen (secondary N) is 1. The van der Waals surface area contributed by atoms with Crippen LogP contribution in [0.3, 0.4) is 0 Å². The first-order valence-electron chi connectivity index (χ1n) is 8.77. The summed E-state index contributed by atoms with van der Waals surface area (Å²) in [6, 6.07) is 6.94. The molecule has 1 aromatic rings. The normalized spacial score (nSPS) is 31.6. The molecule has 4 fully saturated rings. The van der Waals surface area contributed by atoms with Gasteiger partial charge in [-0.25, -0.2) is 0 Å². The van der Waals surface area contributed by atoms with E-state index in [1.807, 2.05) is 0 Å². The van der Waals surface area contributed by atoms with Crippen molar-refractivity contribution in [3.63, 3.8) is 0 Å². The van der Waals surface area contributed by atoms with E-state index in [1.165, 1.54) is 0 Å². The van der Waals surface area contributed by atoms with Gasteiger partial charge in [0.1, 0.15) is 0 Å². The predicted octanol–water partition coefficient (Wildman–Crippen LogP) is 0.478. The number of carboxylic acid groups (broad SMARTS) is 1. The van der Waals surface area contributed by atoms with Crippen LogP contribution in [0.1, 0.15) is 23.2 Å². The molecule has 8 nitrogen and oxygen atoms in total. The molecule has 0 atom stereocenters. The molecule has 8 heteroatoms. The standard InChI is InChI=1S/C18H22N4O4/c23-15(4-5-16(24)25)19-14-3-1-2-13(6-14)17(26)18-7-20-10-21(8-18)12-22(9-18)11-20/h1-3,6H,4-5,7-12H2,(H,19,23)(H,24,25). The van der Waals surface area contributed by atoms with E-state index in [4.69, 9.17) is 5.11 Å². The summed E-state index contributed by atoms with van der Waals surface area (Å²) < 4.78 is 0. The maximum atomic E-state index is 13.3. The molecular formula is C18H22N4O4. The Labute approximate surface area is 151 Å². The van der Waals surface area contributed by atoms with Crippen molar-refractivity contribution >= 4 is 23.3 Å². The minimum atomic E-state index is -1.01. The smallest absolute Gasteiger partial charge is 0.303 e. The second-order valence-electron chi connectivity index (χ2n) is 7.54. The summed E-state index contributed by atoms with van der Waals surface area (Å²) in [5.41, 5.74) is 0.698. The molecule has 1 amide bonds. The minimum Gasteiger partial charge on any atom is -0.481 e. The predicted molar refractivity (Wildman–Crippen MR) is 93.4 cm³/mol. The van der Waals surface area contributed by atoms with Crippen molar-refractivity contribution in [2.75, 3.05) is 45.0 Å². The van der Waals surface area contributed by atoms with Gasteiger partial charge in [-0.15, -0.1) is 0 Å². The van der Waals surface area contributed by atoms with Crippen LogP contribution in [0.5, 0.6) is 0 Å². The van der Waals surface area contributed by atoms with Gasteiger partial charge in [0, 0.05) is 37.3 Å². The van der Waals surface area contributed by atoms with Gasteiger partial charge in [-0.2, -0.15) is 0 Å². The summed E-state index contributed by atoms with van der Waals surface area (Å²) in [4.78, 5) is 42.6. The number of aliphatic carboxylic acids is 1. The number of nitrogens with zero attached hydrogens (tertiary/aromatic N) is 3. The van der Waals surface area contributed by atoms with Crippen LogP contribution in [0.25, 0.3) is 0 Å².